The van der Waals surface area contributed by atoms with Crippen LogP contribution in [0, 0.1) is 0 Å². The van der Waals surface area contributed by atoms with Crippen molar-refractivity contribution in [1.29, 1.82) is 0 Å². The minimum Gasteiger partial charge on any atom is -0.393 e. The van der Waals surface area contributed by atoms with Gasteiger partial charge in [0.15, 0.2) is 5.82 Å². The zero-order chi connectivity index (χ0) is 28.8. The Balaban J connectivity index is 1.19. The lowest BCUT2D eigenvalue weighted by molar-refractivity contribution is 0.102. The Labute approximate surface area is 241 Å². The molecule has 42 heavy (non-hydrogen) atoms. The van der Waals surface area contributed by atoms with Gasteiger partial charge in [-0.3, -0.25) is 14.3 Å². The second-order valence-electron chi connectivity index (χ2n) is 11.1. The molecular formula is C31H32N8O3. The summed E-state index contributed by atoms with van der Waals surface area (Å²) in [6.07, 6.45) is 8.68. The molecule has 1 aliphatic carbocycles. The Morgan fingerprint density at radius 2 is 1.83 bits per heavy atom. The van der Waals surface area contributed by atoms with Gasteiger partial charge in [-0.2, -0.15) is 5.10 Å². The van der Waals surface area contributed by atoms with Gasteiger partial charge in [-0.05, 0) is 75.3 Å². The molecule has 11 nitrogen and oxygen atoms in total. The van der Waals surface area contributed by atoms with E-state index in [4.69, 9.17) is 5.73 Å². The first-order chi connectivity index (χ1) is 20.5. The Morgan fingerprint density at radius 1 is 1.02 bits per heavy atom. The molecular weight excluding hydrogens is 532 g/mol. The Morgan fingerprint density at radius 3 is 2.60 bits per heavy atom. The van der Waals surface area contributed by atoms with Crippen molar-refractivity contribution in [2.45, 2.75) is 63.5 Å². The predicted octanol–water partition coefficient (Wildman–Crippen LogP) is 3.93. The fraction of sp³-hybridized carbons (Fsp3) is 0.323. The van der Waals surface area contributed by atoms with E-state index in [2.05, 4.69) is 26.4 Å². The molecule has 0 radical (unpaired) electrons. The van der Waals surface area contributed by atoms with E-state index in [0.717, 1.165) is 66.7 Å². The summed E-state index contributed by atoms with van der Waals surface area (Å²) < 4.78 is 5.39. The minimum absolute atomic E-state index is 0.162. The van der Waals surface area contributed by atoms with Crippen LogP contribution < -0.4 is 16.6 Å². The van der Waals surface area contributed by atoms with Gasteiger partial charge in [-0.15, -0.1) is 0 Å². The zero-order valence-corrected chi connectivity index (χ0v) is 23.1. The maximum atomic E-state index is 13.6. The first-order valence-electron chi connectivity index (χ1n) is 14.5. The standard InChI is InChI=1S/C31H32N8O3/c32-29-28-23(16-25(38(28)35-18-34-29)19-9-12-22(40)13-10-19)20-11-14-26(33-17-20)36-30(41)27-24-8-4-5-15-37(24)39(31(27)42)21-6-2-1-3-7-21/h1-3,6-7,11,14,16-19,22,40H,4-5,8-10,12-13,15H2,(H2,32,34,35)(H,33,36,41). The molecule has 1 aliphatic heterocycles. The molecule has 0 unspecified atom stereocenters. The minimum atomic E-state index is -0.464. The SMILES string of the molecule is Nc1ncnn2c(C3CCC(O)CC3)cc(-c3ccc(NC(=O)c4c5n(n(-c6ccccc6)c4=O)CCCC5)nc3)c12. The van der Waals surface area contributed by atoms with Gasteiger partial charge >= 0.3 is 0 Å². The van der Waals surface area contributed by atoms with Crippen LogP contribution in [-0.2, 0) is 13.0 Å². The highest BCUT2D eigenvalue weighted by Gasteiger charge is 2.29. The molecule has 11 heteroatoms. The largest absolute Gasteiger partial charge is 0.393 e. The van der Waals surface area contributed by atoms with Crippen LogP contribution >= 0.6 is 0 Å². The quantitative estimate of drug-likeness (QED) is 0.293. The number of nitrogens with two attached hydrogens (primary N) is 1. The van der Waals surface area contributed by atoms with E-state index in [9.17, 15) is 14.7 Å². The highest BCUT2D eigenvalue weighted by molar-refractivity contribution is 6.04. The number of nitrogens with zero attached hydrogens (tertiary/aromatic N) is 6. The Kier molecular flexibility index (Phi) is 6.58. The van der Waals surface area contributed by atoms with Crippen molar-refractivity contribution in [2.75, 3.05) is 11.1 Å². The number of carbonyl (C=O) groups is 1. The average molecular weight is 565 g/mol. The van der Waals surface area contributed by atoms with E-state index in [-0.39, 0.29) is 23.1 Å². The van der Waals surface area contributed by atoms with E-state index in [1.165, 1.54) is 6.33 Å². The maximum Gasteiger partial charge on any atom is 0.284 e. The average Bonchev–Trinajstić information content (AvgIpc) is 3.54. The van der Waals surface area contributed by atoms with Crippen LogP contribution in [0.4, 0.5) is 11.6 Å². The number of nitrogen functional groups attached to an aromatic ring is 1. The number of nitrogens with one attached hydrogen (secondary N) is 1. The topological polar surface area (TPSA) is 145 Å². The summed E-state index contributed by atoms with van der Waals surface area (Å²) in [5.74, 6) is 0.505. The fourth-order valence-corrected chi connectivity index (χ4v) is 6.47. The van der Waals surface area contributed by atoms with Gasteiger partial charge < -0.3 is 16.2 Å². The van der Waals surface area contributed by atoms with E-state index in [1.54, 1.807) is 16.9 Å². The van der Waals surface area contributed by atoms with Crippen molar-refractivity contribution in [1.82, 2.24) is 28.9 Å². The molecule has 1 saturated carbocycles. The Hall–Kier alpha value is -4.77. The fourth-order valence-electron chi connectivity index (χ4n) is 6.47. The number of carbonyl (C=O) groups excluding carboxylic acids is 1. The van der Waals surface area contributed by atoms with Crippen molar-refractivity contribution in [3.05, 3.63) is 88.4 Å². The number of pyridine rings is 1. The second-order valence-corrected chi connectivity index (χ2v) is 11.1. The number of hydrogen-bond acceptors (Lipinski definition) is 7. The molecule has 0 atom stereocenters. The zero-order valence-electron chi connectivity index (χ0n) is 23.1. The normalized spacial score (nSPS) is 18.6. The van der Waals surface area contributed by atoms with Crippen molar-refractivity contribution in [2.24, 2.45) is 0 Å². The van der Waals surface area contributed by atoms with E-state index in [0.29, 0.717) is 30.1 Å². The highest BCUT2D eigenvalue weighted by atomic mass is 16.3. The lowest BCUT2D eigenvalue weighted by Crippen LogP contribution is -2.26. The van der Waals surface area contributed by atoms with E-state index in [1.807, 2.05) is 45.6 Å². The van der Waals surface area contributed by atoms with Crippen LogP contribution in [0.15, 0.2) is 65.8 Å². The Bertz CT molecular complexity index is 1830. The first-order valence-corrected chi connectivity index (χ1v) is 14.5. The molecule has 7 rings (SSSR count). The number of hydrogen-bond donors (Lipinski definition) is 3. The van der Waals surface area contributed by atoms with Crippen LogP contribution in [0.3, 0.4) is 0 Å². The van der Waals surface area contributed by atoms with Crippen LogP contribution in [-0.4, -0.2) is 46.1 Å². The van der Waals surface area contributed by atoms with Gasteiger partial charge in [0.05, 0.1) is 17.5 Å². The number of para-hydroxylation sites is 1. The van der Waals surface area contributed by atoms with Crippen molar-refractivity contribution in [3.63, 3.8) is 0 Å². The van der Waals surface area contributed by atoms with Crippen LogP contribution in [0.1, 0.15) is 66.2 Å². The molecule has 2 aliphatic rings. The van der Waals surface area contributed by atoms with Gasteiger partial charge in [0.1, 0.15) is 23.2 Å². The molecule has 0 bridgehead atoms. The number of aliphatic hydroxyl groups is 1. The molecule has 5 heterocycles. The van der Waals surface area contributed by atoms with Crippen LogP contribution in [0.25, 0.3) is 22.3 Å². The van der Waals surface area contributed by atoms with Crippen molar-refractivity contribution >= 4 is 23.1 Å². The molecule has 1 aromatic carbocycles. The third kappa shape index (κ3) is 4.46. The number of aromatic nitrogens is 6. The molecule has 4 aromatic heterocycles. The summed E-state index contributed by atoms with van der Waals surface area (Å²) in [7, 11) is 0. The molecule has 0 spiro atoms. The summed E-state index contributed by atoms with van der Waals surface area (Å²) in [5.41, 5.74) is 11.0. The molecule has 214 valence electrons. The van der Waals surface area contributed by atoms with Crippen LogP contribution in [0.5, 0.6) is 0 Å². The van der Waals surface area contributed by atoms with Gasteiger partial charge in [0, 0.05) is 35.5 Å². The van der Waals surface area contributed by atoms with Crippen molar-refractivity contribution < 1.29 is 9.90 Å². The molecule has 4 N–H and O–H groups in total. The summed E-state index contributed by atoms with van der Waals surface area (Å²) in [5, 5.41) is 17.3. The lowest BCUT2D eigenvalue weighted by Gasteiger charge is -2.24. The number of anilines is 2. The van der Waals surface area contributed by atoms with E-state index < -0.39 is 5.91 Å². The van der Waals surface area contributed by atoms with Gasteiger partial charge in [0.2, 0.25) is 0 Å². The van der Waals surface area contributed by atoms with Gasteiger partial charge in [-0.1, -0.05) is 18.2 Å². The molecule has 1 amide bonds. The number of benzene rings is 1. The van der Waals surface area contributed by atoms with Gasteiger partial charge in [-0.25, -0.2) is 19.2 Å². The monoisotopic (exact) mass is 564 g/mol. The summed E-state index contributed by atoms with van der Waals surface area (Å²) >= 11 is 0. The maximum absolute atomic E-state index is 13.6. The second kappa shape index (κ2) is 10.6. The predicted molar refractivity (Wildman–Crippen MR) is 159 cm³/mol. The van der Waals surface area contributed by atoms with Gasteiger partial charge in [0.25, 0.3) is 11.5 Å². The van der Waals surface area contributed by atoms with E-state index >= 15 is 0 Å². The summed E-state index contributed by atoms with van der Waals surface area (Å²) in [6.45, 7) is 0.682. The smallest absolute Gasteiger partial charge is 0.284 e. The number of aliphatic hydroxyl groups excluding tert-OH is 1. The first kappa shape index (κ1) is 26.1. The third-order valence-corrected chi connectivity index (χ3v) is 8.55. The summed E-state index contributed by atoms with van der Waals surface area (Å²) in [6, 6.07) is 15.1. The number of amides is 1. The molecule has 5 aromatic rings. The molecule has 0 saturated heterocycles. The number of fused-ring (bicyclic) bond motifs is 2. The van der Waals surface area contributed by atoms with Crippen LogP contribution in [0.2, 0.25) is 0 Å². The van der Waals surface area contributed by atoms with Crippen molar-refractivity contribution in [3.8, 4) is 16.8 Å². The highest BCUT2D eigenvalue weighted by Crippen LogP contribution is 2.38. The summed E-state index contributed by atoms with van der Waals surface area (Å²) in [4.78, 5) is 35.8. The third-order valence-electron chi connectivity index (χ3n) is 8.55. The molecule has 1 fully saturated rings. The number of rotatable bonds is 5. The lowest BCUT2D eigenvalue weighted by atomic mass is 9.85.